The van der Waals surface area contributed by atoms with Crippen molar-refractivity contribution in [3.8, 4) is 17.0 Å². The van der Waals surface area contributed by atoms with Gasteiger partial charge in [-0.3, -0.25) is 0 Å². The van der Waals surface area contributed by atoms with Gasteiger partial charge in [-0.1, -0.05) is 0 Å². The fraction of sp³-hybridized carbons (Fsp3) is 0.143. The average Bonchev–Trinajstić information content (AvgIpc) is 2.45. The number of carboxylic acid groups (broad SMARTS) is 1. The van der Waals surface area contributed by atoms with E-state index in [4.69, 9.17) is 9.84 Å². The summed E-state index contributed by atoms with van der Waals surface area (Å²) in [5.74, 6) is -1.74. The highest BCUT2D eigenvalue weighted by molar-refractivity contribution is 5.86. The molecule has 0 amide bonds. The quantitative estimate of drug-likeness (QED) is 0.920. The van der Waals surface area contributed by atoms with Crippen molar-refractivity contribution in [3.05, 3.63) is 47.9 Å². The van der Waals surface area contributed by atoms with Gasteiger partial charge in [0.05, 0.1) is 0 Å². The number of ether oxygens (including phenoxy) is 1. The second-order valence-electron chi connectivity index (χ2n) is 4.06. The van der Waals surface area contributed by atoms with Gasteiger partial charge in [0, 0.05) is 5.56 Å². The summed E-state index contributed by atoms with van der Waals surface area (Å²) < 4.78 is 42.3. The Bertz CT molecular complexity index is 644. The molecule has 110 valence electrons. The highest BCUT2D eigenvalue weighted by atomic mass is 19.3. The van der Waals surface area contributed by atoms with Crippen molar-refractivity contribution in [2.24, 2.45) is 0 Å². The number of nitrogens with zero attached hydrogens (tertiary/aromatic N) is 1. The second-order valence-corrected chi connectivity index (χ2v) is 4.06. The Morgan fingerprint density at radius 2 is 1.86 bits per heavy atom. The van der Waals surface area contributed by atoms with E-state index in [1.807, 2.05) is 0 Å². The van der Waals surface area contributed by atoms with Crippen LogP contribution in [0.2, 0.25) is 0 Å². The number of benzene rings is 1. The molecule has 1 N–H and O–H groups in total. The molecule has 1 aromatic heterocycles. The monoisotopic (exact) mass is 297 g/mol. The molecule has 0 fully saturated rings. The summed E-state index contributed by atoms with van der Waals surface area (Å²) in [5, 5.41) is 8.93. The van der Waals surface area contributed by atoms with Crippen molar-refractivity contribution in [3.63, 3.8) is 0 Å². The van der Waals surface area contributed by atoms with Gasteiger partial charge in [-0.2, -0.15) is 0 Å². The molecule has 1 aromatic carbocycles. The number of aromatic carboxylic acids is 1. The Morgan fingerprint density at radius 1 is 1.19 bits per heavy atom. The predicted molar refractivity (Wildman–Crippen MR) is 68.1 cm³/mol. The van der Waals surface area contributed by atoms with Gasteiger partial charge in [0.25, 0.3) is 6.43 Å². The highest BCUT2D eigenvalue weighted by Gasteiger charge is 2.15. The largest absolute Gasteiger partial charge is 0.485 e. The highest BCUT2D eigenvalue weighted by Crippen LogP contribution is 2.29. The molecule has 0 atom stereocenters. The second kappa shape index (κ2) is 6.25. The molecule has 0 aliphatic heterocycles. The minimum atomic E-state index is -2.68. The van der Waals surface area contributed by atoms with Crippen LogP contribution in [0.15, 0.2) is 36.4 Å². The van der Waals surface area contributed by atoms with Gasteiger partial charge in [0.15, 0.2) is 0 Å². The van der Waals surface area contributed by atoms with E-state index < -0.39 is 24.8 Å². The van der Waals surface area contributed by atoms with Crippen LogP contribution in [0.25, 0.3) is 11.3 Å². The van der Waals surface area contributed by atoms with Gasteiger partial charge >= 0.3 is 5.97 Å². The first-order valence-electron chi connectivity index (χ1n) is 5.88. The molecule has 0 bridgehead atoms. The summed E-state index contributed by atoms with van der Waals surface area (Å²) in [6, 6.07) is 7.42. The van der Waals surface area contributed by atoms with E-state index in [2.05, 4.69) is 4.98 Å². The minimum absolute atomic E-state index is 0.00640. The molecule has 1 heterocycles. The predicted octanol–water partition coefficient (Wildman–Crippen LogP) is 3.23. The van der Waals surface area contributed by atoms with E-state index in [1.165, 1.54) is 18.2 Å². The van der Waals surface area contributed by atoms with Crippen LogP contribution >= 0.6 is 0 Å². The Labute approximate surface area is 117 Å². The van der Waals surface area contributed by atoms with Crippen molar-refractivity contribution >= 4 is 5.97 Å². The molecule has 7 heteroatoms. The van der Waals surface area contributed by atoms with Crippen molar-refractivity contribution in [2.75, 3.05) is 6.61 Å². The molecule has 2 aromatic rings. The summed E-state index contributed by atoms with van der Waals surface area (Å²) >= 11 is 0. The summed E-state index contributed by atoms with van der Waals surface area (Å²) in [4.78, 5) is 14.8. The molecule has 0 radical (unpaired) electrons. The average molecular weight is 297 g/mol. The lowest BCUT2D eigenvalue weighted by Crippen LogP contribution is -2.09. The van der Waals surface area contributed by atoms with Crippen molar-refractivity contribution in [1.29, 1.82) is 0 Å². The number of pyridine rings is 1. The number of alkyl halides is 2. The van der Waals surface area contributed by atoms with Crippen molar-refractivity contribution < 1.29 is 27.8 Å². The van der Waals surface area contributed by atoms with Crippen LogP contribution < -0.4 is 4.74 Å². The normalized spacial score (nSPS) is 10.7. The van der Waals surface area contributed by atoms with E-state index >= 15 is 0 Å². The van der Waals surface area contributed by atoms with Gasteiger partial charge < -0.3 is 9.84 Å². The molecule has 4 nitrogen and oxygen atoms in total. The third-order valence-corrected chi connectivity index (χ3v) is 2.56. The lowest BCUT2D eigenvalue weighted by molar-refractivity contribution is 0.0688. The van der Waals surface area contributed by atoms with Crippen LogP contribution in [0.4, 0.5) is 13.2 Å². The topological polar surface area (TPSA) is 59.4 Å². The van der Waals surface area contributed by atoms with Crippen LogP contribution in [0.5, 0.6) is 5.75 Å². The van der Waals surface area contributed by atoms with Crippen molar-refractivity contribution in [2.45, 2.75) is 6.43 Å². The van der Waals surface area contributed by atoms with Gasteiger partial charge in [-0.25, -0.2) is 22.9 Å². The zero-order chi connectivity index (χ0) is 15.4. The zero-order valence-electron chi connectivity index (χ0n) is 10.6. The summed E-state index contributed by atoms with van der Waals surface area (Å²) in [6.45, 7) is -0.845. The Kier molecular flexibility index (Phi) is 4.42. The summed E-state index contributed by atoms with van der Waals surface area (Å²) in [7, 11) is 0. The summed E-state index contributed by atoms with van der Waals surface area (Å²) in [5.41, 5.74) is 0.165. The van der Waals surface area contributed by atoms with E-state index in [1.54, 1.807) is 0 Å². The third kappa shape index (κ3) is 3.71. The fourth-order valence-electron chi connectivity index (χ4n) is 1.65. The maximum atomic E-state index is 12.9. The molecule has 21 heavy (non-hydrogen) atoms. The van der Waals surface area contributed by atoms with E-state index in [0.29, 0.717) is 5.56 Å². The fourth-order valence-corrected chi connectivity index (χ4v) is 1.65. The van der Waals surface area contributed by atoms with E-state index in [0.717, 1.165) is 18.2 Å². The molecule has 0 aliphatic rings. The Balaban J connectivity index is 2.44. The molecule has 0 unspecified atom stereocenters. The maximum Gasteiger partial charge on any atom is 0.354 e. The van der Waals surface area contributed by atoms with E-state index in [9.17, 15) is 18.0 Å². The number of carboxylic acids is 1. The van der Waals surface area contributed by atoms with Gasteiger partial charge in [0.1, 0.15) is 29.6 Å². The molecule has 0 spiro atoms. The molecular formula is C14H10F3NO3. The standard InChI is InChI=1S/C14H10F3NO3/c15-9-3-1-8(2-4-9)13-11(21-7-12(16)17)6-5-10(18-13)14(19)20/h1-6,12H,7H2,(H,19,20). The van der Waals surface area contributed by atoms with Crippen LogP contribution in [0.3, 0.4) is 0 Å². The number of halogens is 3. The number of carbonyl (C=O) groups is 1. The first-order chi connectivity index (χ1) is 9.97. The van der Waals surface area contributed by atoms with Gasteiger partial charge in [-0.15, -0.1) is 0 Å². The molecule has 2 rings (SSSR count). The lowest BCUT2D eigenvalue weighted by Gasteiger charge is -2.11. The lowest BCUT2D eigenvalue weighted by atomic mass is 10.1. The summed E-state index contributed by atoms with van der Waals surface area (Å²) in [6.07, 6.45) is -2.68. The van der Waals surface area contributed by atoms with Crippen LogP contribution in [0.1, 0.15) is 10.5 Å². The van der Waals surface area contributed by atoms with Crippen LogP contribution in [-0.4, -0.2) is 29.1 Å². The first kappa shape index (κ1) is 14.8. The number of hydrogen-bond acceptors (Lipinski definition) is 3. The molecule has 0 saturated heterocycles. The molecular weight excluding hydrogens is 287 g/mol. The van der Waals surface area contributed by atoms with Gasteiger partial charge in [0.2, 0.25) is 0 Å². The number of aromatic nitrogens is 1. The number of hydrogen-bond donors (Lipinski definition) is 1. The van der Waals surface area contributed by atoms with E-state index in [-0.39, 0.29) is 17.1 Å². The van der Waals surface area contributed by atoms with Crippen LogP contribution in [0, 0.1) is 5.82 Å². The zero-order valence-corrected chi connectivity index (χ0v) is 10.6. The van der Waals surface area contributed by atoms with Crippen LogP contribution in [-0.2, 0) is 0 Å². The first-order valence-corrected chi connectivity index (χ1v) is 5.88. The Morgan fingerprint density at radius 3 is 2.43 bits per heavy atom. The maximum absolute atomic E-state index is 12.9. The number of rotatable bonds is 5. The SMILES string of the molecule is O=C(O)c1ccc(OCC(F)F)c(-c2ccc(F)cc2)n1. The van der Waals surface area contributed by atoms with Crippen molar-refractivity contribution in [1.82, 2.24) is 4.98 Å². The van der Waals surface area contributed by atoms with Gasteiger partial charge in [-0.05, 0) is 36.4 Å². The molecule has 0 aliphatic carbocycles. The third-order valence-electron chi connectivity index (χ3n) is 2.56. The Hall–Kier alpha value is -2.57. The molecule has 0 saturated carbocycles. The minimum Gasteiger partial charge on any atom is -0.485 e. The smallest absolute Gasteiger partial charge is 0.354 e.